The van der Waals surface area contributed by atoms with Crippen molar-refractivity contribution in [3.63, 3.8) is 0 Å². The van der Waals surface area contributed by atoms with Crippen LogP contribution in [0.1, 0.15) is 60.8 Å². The first-order valence-corrected chi connectivity index (χ1v) is 11.0. The Morgan fingerprint density at radius 2 is 1.74 bits per heavy atom. The van der Waals surface area contributed by atoms with Gasteiger partial charge in [-0.25, -0.2) is 4.79 Å². The molecular weight excluding hydrogens is 435 g/mol. The normalized spacial score (nSPS) is 21.0. The molecule has 0 aromatic rings. The van der Waals surface area contributed by atoms with Crippen LogP contribution < -0.4 is 5.32 Å². The van der Waals surface area contributed by atoms with Crippen molar-refractivity contribution in [3.8, 4) is 0 Å². The van der Waals surface area contributed by atoms with Crippen molar-refractivity contribution in [2.75, 3.05) is 19.7 Å². The number of carbonyl (C=O) groups excluding carboxylic acids is 1. The van der Waals surface area contributed by atoms with Crippen LogP contribution in [-0.2, 0) is 14.3 Å². The highest BCUT2D eigenvalue weighted by molar-refractivity contribution is 5.89. The molecule has 1 aliphatic rings. The summed E-state index contributed by atoms with van der Waals surface area (Å²) < 4.78 is 11.8. The lowest BCUT2D eigenvalue weighted by molar-refractivity contribution is -0.139. The third kappa shape index (κ3) is 10.5. The van der Waals surface area contributed by atoms with Crippen LogP contribution in [0.4, 0.5) is 0 Å². The molecule has 7 heteroatoms. The van der Waals surface area contributed by atoms with Gasteiger partial charge in [0, 0.05) is 30.2 Å². The largest absolute Gasteiger partial charge is 0.463 e. The van der Waals surface area contributed by atoms with Crippen LogP contribution in [0.5, 0.6) is 0 Å². The molecule has 0 aromatic carbocycles. The maximum Gasteiger partial charge on any atom is 0.333 e. The van der Waals surface area contributed by atoms with E-state index in [2.05, 4.69) is 58.0 Å². The van der Waals surface area contributed by atoms with E-state index in [1.54, 1.807) is 0 Å². The van der Waals surface area contributed by atoms with Crippen molar-refractivity contribution in [2.24, 2.45) is 0 Å². The number of carbonyl (C=O) groups is 1. The first-order chi connectivity index (χ1) is 13.7. The van der Waals surface area contributed by atoms with Gasteiger partial charge in [0.05, 0.1) is 24.9 Å². The summed E-state index contributed by atoms with van der Waals surface area (Å²) in [6.07, 6.45) is 8.20. The molecular formula is C24H44Cl2N2O3. The minimum atomic E-state index is -0.248. The van der Waals surface area contributed by atoms with E-state index in [9.17, 15) is 4.79 Å². The standard InChI is InChI=1S/C24H42N2O3.2ClH/c1-9-14-26(15-10-2)20-16-18(23(27)28-13-5)17-21(29-19(11-3)12-4)22(20)25-24(6,7)8;;/h9-10,17,19-22,25H,1-2,11-16H2,3-8H3;2*1H/t20-,21+,22+;;/m0../s1. The Kier molecular flexibility index (Phi) is 16.6. The van der Waals surface area contributed by atoms with Gasteiger partial charge in [0.2, 0.25) is 0 Å². The van der Waals surface area contributed by atoms with E-state index < -0.39 is 0 Å². The first kappa shape index (κ1) is 32.3. The Bertz CT molecular complexity index is 562. The van der Waals surface area contributed by atoms with Crippen LogP contribution in [0.3, 0.4) is 0 Å². The van der Waals surface area contributed by atoms with Gasteiger partial charge in [0.1, 0.15) is 0 Å². The smallest absolute Gasteiger partial charge is 0.333 e. The van der Waals surface area contributed by atoms with E-state index in [1.807, 2.05) is 25.2 Å². The van der Waals surface area contributed by atoms with Gasteiger partial charge < -0.3 is 14.8 Å². The summed E-state index contributed by atoms with van der Waals surface area (Å²) in [5.74, 6) is -0.248. The summed E-state index contributed by atoms with van der Waals surface area (Å²) in [4.78, 5) is 14.9. The summed E-state index contributed by atoms with van der Waals surface area (Å²) in [6.45, 7) is 22.2. The molecule has 0 fully saturated rings. The zero-order valence-electron chi connectivity index (χ0n) is 20.2. The number of hydrogen-bond acceptors (Lipinski definition) is 5. The Labute approximate surface area is 202 Å². The Morgan fingerprint density at radius 3 is 2.16 bits per heavy atom. The lowest BCUT2D eigenvalue weighted by Crippen LogP contribution is -2.62. The number of rotatable bonds is 12. The zero-order valence-corrected chi connectivity index (χ0v) is 21.8. The average molecular weight is 480 g/mol. The first-order valence-electron chi connectivity index (χ1n) is 11.0. The molecule has 1 N–H and O–H groups in total. The van der Waals surface area contributed by atoms with Crippen molar-refractivity contribution < 1.29 is 14.3 Å². The number of nitrogens with zero attached hydrogens (tertiary/aromatic N) is 1. The van der Waals surface area contributed by atoms with E-state index in [0.717, 1.165) is 12.8 Å². The third-order valence-corrected chi connectivity index (χ3v) is 5.16. The van der Waals surface area contributed by atoms with Crippen molar-refractivity contribution in [1.29, 1.82) is 0 Å². The van der Waals surface area contributed by atoms with Crippen molar-refractivity contribution in [1.82, 2.24) is 10.2 Å². The van der Waals surface area contributed by atoms with Crippen LogP contribution in [0.2, 0.25) is 0 Å². The fourth-order valence-corrected chi connectivity index (χ4v) is 3.86. The lowest BCUT2D eigenvalue weighted by atomic mass is 9.85. The van der Waals surface area contributed by atoms with Crippen LogP contribution >= 0.6 is 24.8 Å². The topological polar surface area (TPSA) is 50.8 Å². The second-order valence-corrected chi connectivity index (χ2v) is 8.67. The van der Waals surface area contributed by atoms with Crippen molar-refractivity contribution in [2.45, 2.75) is 90.6 Å². The molecule has 31 heavy (non-hydrogen) atoms. The molecule has 0 aromatic heterocycles. The highest BCUT2D eigenvalue weighted by Gasteiger charge is 2.41. The maximum absolute atomic E-state index is 12.6. The molecule has 0 spiro atoms. The van der Waals surface area contributed by atoms with Crippen LogP contribution in [0.25, 0.3) is 0 Å². The van der Waals surface area contributed by atoms with E-state index in [0.29, 0.717) is 31.7 Å². The fourth-order valence-electron chi connectivity index (χ4n) is 3.86. The molecule has 1 aliphatic carbocycles. The summed E-state index contributed by atoms with van der Waals surface area (Å²) in [7, 11) is 0. The van der Waals surface area contributed by atoms with Crippen LogP contribution in [0.15, 0.2) is 37.0 Å². The molecule has 1 rings (SSSR count). The molecule has 0 amide bonds. The number of hydrogen-bond donors (Lipinski definition) is 1. The number of halogens is 2. The molecule has 3 atom stereocenters. The summed E-state index contributed by atoms with van der Waals surface area (Å²) in [6, 6.07) is 0.0997. The van der Waals surface area contributed by atoms with Gasteiger partial charge in [-0.15, -0.1) is 38.0 Å². The Balaban J connectivity index is 0. The number of esters is 1. The van der Waals surface area contributed by atoms with Crippen molar-refractivity contribution >= 4 is 30.8 Å². The molecule has 5 nitrogen and oxygen atoms in total. The second-order valence-electron chi connectivity index (χ2n) is 8.67. The molecule has 0 aliphatic heterocycles. The monoisotopic (exact) mass is 478 g/mol. The molecule has 0 saturated carbocycles. The molecule has 0 saturated heterocycles. The molecule has 0 radical (unpaired) electrons. The fraction of sp³-hybridized carbons (Fsp3) is 0.708. The summed E-state index contributed by atoms with van der Waals surface area (Å²) in [5, 5.41) is 3.77. The Hall–Kier alpha value is -0.850. The van der Waals surface area contributed by atoms with Crippen molar-refractivity contribution in [3.05, 3.63) is 37.0 Å². The molecule has 182 valence electrons. The zero-order chi connectivity index (χ0) is 22.0. The van der Waals surface area contributed by atoms with Crippen LogP contribution in [0, 0.1) is 0 Å². The third-order valence-electron chi connectivity index (χ3n) is 5.16. The predicted molar refractivity (Wildman–Crippen MR) is 136 cm³/mol. The highest BCUT2D eigenvalue weighted by atomic mass is 35.5. The van der Waals surface area contributed by atoms with Gasteiger partial charge in [-0.05, 0) is 53.0 Å². The second kappa shape index (κ2) is 15.9. The van der Waals surface area contributed by atoms with E-state index in [1.165, 1.54) is 0 Å². The highest BCUT2D eigenvalue weighted by Crippen LogP contribution is 2.29. The SMILES string of the molecule is C=CCN(CC=C)[C@H]1CC(C(=O)OCC)=C[C@@H](OC(CC)CC)[C@@H]1NC(C)(C)C.Cl.Cl. The van der Waals surface area contributed by atoms with Gasteiger partial charge in [-0.1, -0.05) is 26.0 Å². The lowest BCUT2D eigenvalue weighted by Gasteiger charge is -2.45. The van der Waals surface area contributed by atoms with Gasteiger partial charge in [0.15, 0.2) is 0 Å². The molecule has 0 unspecified atom stereocenters. The minimum Gasteiger partial charge on any atom is -0.463 e. The maximum atomic E-state index is 12.6. The Morgan fingerprint density at radius 1 is 1.19 bits per heavy atom. The van der Waals surface area contributed by atoms with E-state index in [-0.39, 0.29) is 60.6 Å². The van der Waals surface area contributed by atoms with Gasteiger partial charge in [0.25, 0.3) is 0 Å². The van der Waals surface area contributed by atoms with Crippen LogP contribution in [-0.4, -0.2) is 60.4 Å². The average Bonchev–Trinajstić information content (AvgIpc) is 2.65. The number of ether oxygens (including phenoxy) is 2. The number of nitrogens with one attached hydrogen (secondary N) is 1. The van der Waals surface area contributed by atoms with E-state index in [4.69, 9.17) is 9.47 Å². The predicted octanol–water partition coefficient (Wildman–Crippen LogP) is 5.10. The minimum absolute atomic E-state index is 0. The summed E-state index contributed by atoms with van der Waals surface area (Å²) >= 11 is 0. The quantitative estimate of drug-likeness (QED) is 0.312. The van der Waals surface area contributed by atoms with E-state index >= 15 is 0 Å². The van der Waals surface area contributed by atoms with Gasteiger partial charge in [-0.3, -0.25) is 4.90 Å². The van der Waals surface area contributed by atoms with Gasteiger partial charge in [-0.2, -0.15) is 0 Å². The summed E-state index contributed by atoms with van der Waals surface area (Å²) in [5.41, 5.74) is 0.597. The van der Waals surface area contributed by atoms with Gasteiger partial charge >= 0.3 is 5.97 Å². The molecule has 0 heterocycles. The molecule has 0 bridgehead atoms.